The summed E-state index contributed by atoms with van der Waals surface area (Å²) in [5, 5.41) is 23.2. The molecule has 4 aromatic rings. The lowest BCUT2D eigenvalue weighted by Crippen LogP contribution is -2.11. The van der Waals surface area contributed by atoms with E-state index < -0.39 is 15.0 Å². The van der Waals surface area contributed by atoms with Gasteiger partial charge in [-0.25, -0.2) is 0 Å². The molecule has 1 aromatic heterocycles. The lowest BCUT2D eigenvalue weighted by Gasteiger charge is -2.09. The molecule has 0 aliphatic carbocycles. The molecule has 0 bridgehead atoms. The fourth-order valence-electron chi connectivity index (χ4n) is 3.09. The van der Waals surface area contributed by atoms with Crippen LogP contribution in [0, 0.1) is 24.0 Å². The Hall–Kier alpha value is -4.02. The van der Waals surface area contributed by atoms with Gasteiger partial charge in [0.15, 0.2) is 0 Å². The lowest BCUT2D eigenvalue weighted by molar-refractivity contribution is -0.384. The highest BCUT2D eigenvalue weighted by atomic mass is 32.2. The summed E-state index contributed by atoms with van der Waals surface area (Å²) in [6.45, 7) is 4.30. The maximum atomic E-state index is 12.3. The van der Waals surface area contributed by atoms with Crippen LogP contribution >= 0.6 is 0 Å². The molecule has 182 valence electrons. The van der Waals surface area contributed by atoms with Crippen molar-refractivity contribution in [1.82, 2.24) is 9.78 Å². The van der Waals surface area contributed by atoms with Crippen LogP contribution in [0.4, 0.5) is 5.69 Å². The van der Waals surface area contributed by atoms with E-state index in [1.54, 1.807) is 28.9 Å². The number of rotatable bonds is 7. The molecule has 0 aliphatic heterocycles. The second-order valence-corrected chi connectivity index (χ2v) is 9.34. The van der Waals surface area contributed by atoms with Gasteiger partial charge in [-0.05, 0) is 49.7 Å². The van der Waals surface area contributed by atoms with E-state index in [1.165, 1.54) is 24.3 Å². The Morgan fingerprint density at radius 2 is 1.60 bits per heavy atom. The molecule has 0 spiro atoms. The zero-order valence-corrected chi connectivity index (χ0v) is 20.1. The molecule has 0 saturated carbocycles. The number of hydrogen-bond acceptors (Lipinski definition) is 7. The van der Waals surface area contributed by atoms with Gasteiger partial charge >= 0.3 is 0 Å². The molecule has 4 rings (SSSR count). The Bertz CT molecular complexity index is 1370. The van der Waals surface area contributed by atoms with Gasteiger partial charge in [-0.1, -0.05) is 48.0 Å². The smallest absolute Gasteiger partial charge is 0.297 e. The van der Waals surface area contributed by atoms with Crippen LogP contribution in [0.3, 0.4) is 0 Å². The van der Waals surface area contributed by atoms with Crippen molar-refractivity contribution in [1.29, 1.82) is 0 Å². The van der Waals surface area contributed by atoms with Crippen molar-refractivity contribution in [3.8, 4) is 5.75 Å². The molecular formula is C25H25N3O6S. The average Bonchev–Trinajstić information content (AvgIpc) is 3.18. The maximum absolute atomic E-state index is 12.3. The number of aromatic hydroxyl groups is 1. The summed E-state index contributed by atoms with van der Waals surface area (Å²) in [6.07, 6.45) is 0. The number of nitro benzene ring substituents is 1. The normalized spacial score (nSPS) is 10.9. The predicted molar refractivity (Wildman–Crippen MR) is 130 cm³/mol. The van der Waals surface area contributed by atoms with Gasteiger partial charge in [0.2, 0.25) is 0 Å². The standard InChI is InChI=1S/C19H20N2O3S.C6H5NO3/c1-15-8-10-19(11-9-15)25(22,23)24-14-18-12-16(2)20-21(18)13-17-6-4-3-5-7-17;8-6-3-1-5(2-4-6)7(9)10/h3-12H,13-14H2,1-2H3;1-4,8H. The Labute approximate surface area is 203 Å². The first kappa shape index (κ1) is 25.6. The minimum atomic E-state index is -3.80. The molecule has 35 heavy (non-hydrogen) atoms. The van der Waals surface area contributed by atoms with Gasteiger partial charge in [0, 0.05) is 12.1 Å². The summed E-state index contributed by atoms with van der Waals surface area (Å²) in [7, 11) is -3.80. The third-order valence-corrected chi connectivity index (χ3v) is 6.17. The van der Waals surface area contributed by atoms with Gasteiger partial charge in [0.1, 0.15) is 12.4 Å². The van der Waals surface area contributed by atoms with Crippen LogP contribution in [0.1, 0.15) is 22.5 Å². The van der Waals surface area contributed by atoms with Crippen molar-refractivity contribution in [2.45, 2.75) is 31.9 Å². The molecule has 1 N–H and O–H groups in total. The number of phenols is 1. The summed E-state index contributed by atoms with van der Waals surface area (Å²) in [5.41, 5.74) is 3.61. The van der Waals surface area contributed by atoms with Crippen molar-refractivity contribution in [2.24, 2.45) is 0 Å². The Morgan fingerprint density at radius 3 is 2.20 bits per heavy atom. The first-order valence-corrected chi connectivity index (χ1v) is 12.0. The zero-order valence-electron chi connectivity index (χ0n) is 19.2. The van der Waals surface area contributed by atoms with E-state index in [9.17, 15) is 18.5 Å². The average molecular weight is 496 g/mol. The van der Waals surface area contributed by atoms with E-state index in [-0.39, 0.29) is 22.9 Å². The zero-order chi connectivity index (χ0) is 25.4. The molecular weight excluding hydrogens is 470 g/mol. The molecule has 0 unspecified atom stereocenters. The van der Waals surface area contributed by atoms with E-state index in [4.69, 9.17) is 9.29 Å². The van der Waals surface area contributed by atoms with Crippen LogP contribution in [-0.4, -0.2) is 28.2 Å². The van der Waals surface area contributed by atoms with Gasteiger partial charge in [0.25, 0.3) is 15.8 Å². The minimum absolute atomic E-state index is 0.0159. The van der Waals surface area contributed by atoms with E-state index in [0.717, 1.165) is 22.5 Å². The number of benzene rings is 3. The molecule has 9 nitrogen and oxygen atoms in total. The van der Waals surface area contributed by atoms with E-state index in [1.807, 2.05) is 50.2 Å². The molecule has 0 fully saturated rings. The number of hydrogen-bond donors (Lipinski definition) is 1. The Morgan fingerprint density at radius 1 is 0.971 bits per heavy atom. The number of aryl methyl sites for hydroxylation is 2. The third-order valence-electron chi connectivity index (χ3n) is 4.89. The number of non-ortho nitro benzene ring substituents is 1. The summed E-state index contributed by atoms with van der Waals surface area (Å²) < 4.78 is 31.7. The van der Waals surface area contributed by atoms with Gasteiger partial charge in [-0.2, -0.15) is 13.5 Å². The first-order chi connectivity index (χ1) is 16.6. The van der Waals surface area contributed by atoms with E-state index in [0.29, 0.717) is 6.54 Å². The van der Waals surface area contributed by atoms with Crippen molar-refractivity contribution < 1.29 is 22.6 Å². The molecule has 0 aliphatic rings. The highest BCUT2D eigenvalue weighted by Crippen LogP contribution is 2.17. The fourth-order valence-corrected chi connectivity index (χ4v) is 3.98. The molecule has 0 radical (unpaired) electrons. The van der Waals surface area contributed by atoms with Crippen LogP contribution in [0.25, 0.3) is 0 Å². The lowest BCUT2D eigenvalue weighted by atomic mass is 10.2. The van der Waals surface area contributed by atoms with Crippen LogP contribution in [0.15, 0.2) is 89.8 Å². The van der Waals surface area contributed by atoms with Crippen LogP contribution in [0.2, 0.25) is 0 Å². The van der Waals surface area contributed by atoms with Crippen molar-refractivity contribution in [3.05, 3.63) is 118 Å². The van der Waals surface area contributed by atoms with Crippen LogP contribution in [0.5, 0.6) is 5.75 Å². The van der Waals surface area contributed by atoms with Gasteiger partial charge in [0.05, 0.1) is 27.8 Å². The Balaban J connectivity index is 0.000000287. The van der Waals surface area contributed by atoms with Crippen molar-refractivity contribution in [2.75, 3.05) is 0 Å². The largest absolute Gasteiger partial charge is 0.508 e. The van der Waals surface area contributed by atoms with E-state index >= 15 is 0 Å². The molecule has 10 heteroatoms. The SMILES string of the molecule is Cc1ccc(S(=O)(=O)OCc2cc(C)nn2Cc2ccccc2)cc1.O=[N+]([O-])c1ccc(O)cc1. The Kier molecular flexibility index (Phi) is 8.34. The topological polar surface area (TPSA) is 125 Å². The summed E-state index contributed by atoms with van der Waals surface area (Å²) in [5.74, 6) is 0.0330. The maximum Gasteiger partial charge on any atom is 0.297 e. The minimum Gasteiger partial charge on any atom is -0.508 e. The van der Waals surface area contributed by atoms with Gasteiger partial charge in [-0.15, -0.1) is 0 Å². The summed E-state index contributed by atoms with van der Waals surface area (Å²) in [4.78, 5) is 9.68. The number of nitro groups is 1. The first-order valence-electron chi connectivity index (χ1n) is 10.6. The highest BCUT2D eigenvalue weighted by Gasteiger charge is 2.17. The van der Waals surface area contributed by atoms with Crippen molar-refractivity contribution >= 4 is 15.8 Å². The molecule has 0 amide bonds. The van der Waals surface area contributed by atoms with Gasteiger partial charge < -0.3 is 5.11 Å². The molecule has 1 heterocycles. The fraction of sp³-hybridized carbons (Fsp3) is 0.160. The van der Waals surface area contributed by atoms with Crippen LogP contribution < -0.4 is 0 Å². The molecule has 3 aromatic carbocycles. The van der Waals surface area contributed by atoms with Gasteiger partial charge in [-0.3, -0.25) is 19.0 Å². The predicted octanol–water partition coefficient (Wildman–Crippen LogP) is 4.75. The number of nitrogens with zero attached hydrogens (tertiary/aromatic N) is 3. The summed E-state index contributed by atoms with van der Waals surface area (Å²) >= 11 is 0. The van der Waals surface area contributed by atoms with E-state index in [2.05, 4.69) is 5.10 Å². The summed E-state index contributed by atoms with van der Waals surface area (Å²) in [6, 6.07) is 23.4. The quantitative estimate of drug-likeness (QED) is 0.223. The molecule has 0 atom stereocenters. The highest BCUT2D eigenvalue weighted by molar-refractivity contribution is 7.86. The molecule has 0 saturated heterocycles. The number of aromatic nitrogens is 2. The second-order valence-electron chi connectivity index (χ2n) is 7.72. The second kappa shape index (κ2) is 11.4. The number of phenolic OH excluding ortho intramolecular Hbond substituents is 1. The monoisotopic (exact) mass is 495 g/mol. The van der Waals surface area contributed by atoms with Crippen LogP contribution in [-0.2, 0) is 27.5 Å². The third kappa shape index (κ3) is 7.49. The van der Waals surface area contributed by atoms with Crippen molar-refractivity contribution in [3.63, 3.8) is 0 Å².